The molecule has 1 heterocycles. The highest BCUT2D eigenvalue weighted by Gasteiger charge is 2.03. The topological polar surface area (TPSA) is 63.8 Å². The maximum absolute atomic E-state index is 6.12. The molecule has 1 aromatic carbocycles. The minimum atomic E-state index is 0.610. The molecule has 0 spiro atoms. The average Bonchev–Trinajstić information content (AvgIpc) is 2.41. The van der Waals surface area contributed by atoms with Crippen LogP contribution in [0.1, 0.15) is 6.42 Å². The van der Waals surface area contributed by atoms with Gasteiger partial charge in [0.2, 0.25) is 5.95 Å². The number of rotatable bonds is 5. The predicted octanol–water partition coefficient (Wildman–Crippen LogP) is 2.56. The van der Waals surface area contributed by atoms with E-state index in [1.807, 2.05) is 24.3 Å². The Morgan fingerprint density at radius 1 is 1.17 bits per heavy atom. The molecule has 0 fully saturated rings. The smallest absolute Gasteiger partial charge is 0.222 e. The first-order chi connectivity index (χ1) is 8.81. The number of anilines is 1. The van der Waals surface area contributed by atoms with Gasteiger partial charge in [0.15, 0.2) is 0 Å². The molecule has 18 heavy (non-hydrogen) atoms. The third kappa shape index (κ3) is 3.18. The molecule has 1 aromatic heterocycles. The Hall–Kier alpha value is -1.65. The molecule has 0 unspecified atom stereocenters. The Balaban J connectivity index is 2.10. The molecule has 0 atom stereocenters. The molecule has 0 radical (unpaired) electrons. The van der Waals surface area contributed by atoms with Crippen molar-refractivity contribution < 1.29 is 0 Å². The van der Waals surface area contributed by atoms with Gasteiger partial charge in [-0.1, -0.05) is 29.8 Å². The summed E-state index contributed by atoms with van der Waals surface area (Å²) in [6.45, 7) is 1.44. The predicted molar refractivity (Wildman–Crippen MR) is 74.6 cm³/mol. The van der Waals surface area contributed by atoms with Gasteiger partial charge in [-0.05, 0) is 19.0 Å². The number of hydrogen-bond acceptors (Lipinski definition) is 4. The van der Waals surface area contributed by atoms with Crippen LogP contribution in [0.5, 0.6) is 0 Å². The van der Waals surface area contributed by atoms with Crippen LogP contribution >= 0.6 is 11.6 Å². The molecular formula is C13H15ClN4. The van der Waals surface area contributed by atoms with Gasteiger partial charge in [-0.3, -0.25) is 0 Å². The highest BCUT2D eigenvalue weighted by molar-refractivity contribution is 6.33. The maximum Gasteiger partial charge on any atom is 0.222 e. The van der Waals surface area contributed by atoms with E-state index in [-0.39, 0.29) is 0 Å². The van der Waals surface area contributed by atoms with E-state index in [0.717, 1.165) is 24.1 Å². The molecule has 0 saturated carbocycles. The van der Waals surface area contributed by atoms with Crippen LogP contribution in [0.3, 0.4) is 0 Å². The van der Waals surface area contributed by atoms with E-state index in [1.165, 1.54) is 0 Å². The second-order valence-corrected chi connectivity index (χ2v) is 4.25. The summed E-state index contributed by atoms with van der Waals surface area (Å²) in [5.74, 6) is 0.610. The lowest BCUT2D eigenvalue weighted by atomic mass is 10.1. The Bertz CT molecular complexity index is 499. The Labute approximate surface area is 111 Å². The fourth-order valence-electron chi connectivity index (χ4n) is 1.56. The van der Waals surface area contributed by atoms with Crippen LogP contribution in [0.25, 0.3) is 11.1 Å². The molecule has 0 aliphatic rings. The molecule has 0 amide bonds. The molecule has 0 aliphatic carbocycles. The summed E-state index contributed by atoms with van der Waals surface area (Å²) in [7, 11) is 0. The SMILES string of the molecule is NCCCNc1ncc(-c2ccccc2Cl)cn1. The van der Waals surface area contributed by atoms with Crippen molar-refractivity contribution in [3.05, 3.63) is 41.7 Å². The molecule has 2 rings (SSSR count). The van der Waals surface area contributed by atoms with E-state index in [9.17, 15) is 0 Å². The van der Waals surface area contributed by atoms with E-state index in [1.54, 1.807) is 12.4 Å². The van der Waals surface area contributed by atoms with Crippen LogP contribution in [0.2, 0.25) is 5.02 Å². The fourth-order valence-corrected chi connectivity index (χ4v) is 1.80. The van der Waals surface area contributed by atoms with Crippen molar-refractivity contribution in [3.8, 4) is 11.1 Å². The third-order valence-electron chi connectivity index (χ3n) is 2.50. The first-order valence-corrected chi connectivity index (χ1v) is 6.20. The monoisotopic (exact) mass is 262 g/mol. The van der Waals surface area contributed by atoms with Gasteiger partial charge in [0.25, 0.3) is 0 Å². The summed E-state index contributed by atoms with van der Waals surface area (Å²) in [5, 5.41) is 3.80. The molecule has 0 aliphatic heterocycles. The molecule has 3 N–H and O–H groups in total. The molecule has 5 heteroatoms. The summed E-state index contributed by atoms with van der Waals surface area (Å²) in [6.07, 6.45) is 4.42. The van der Waals surface area contributed by atoms with Crippen LogP contribution in [0.15, 0.2) is 36.7 Å². The largest absolute Gasteiger partial charge is 0.354 e. The van der Waals surface area contributed by atoms with Crippen molar-refractivity contribution in [3.63, 3.8) is 0 Å². The van der Waals surface area contributed by atoms with Crippen LogP contribution < -0.4 is 11.1 Å². The number of aromatic nitrogens is 2. The van der Waals surface area contributed by atoms with Crippen LogP contribution in [-0.4, -0.2) is 23.1 Å². The average molecular weight is 263 g/mol. The standard InChI is InChI=1S/C13H15ClN4/c14-12-5-2-1-4-11(12)10-8-17-13(18-9-10)16-7-3-6-15/h1-2,4-5,8-9H,3,6-7,15H2,(H,16,17,18). The van der Waals surface area contributed by atoms with Gasteiger partial charge in [0.1, 0.15) is 0 Å². The Morgan fingerprint density at radius 2 is 1.89 bits per heavy atom. The minimum absolute atomic E-state index is 0.610. The number of nitrogens with one attached hydrogen (secondary N) is 1. The van der Waals surface area contributed by atoms with Gasteiger partial charge in [-0.25, -0.2) is 9.97 Å². The summed E-state index contributed by atoms with van der Waals surface area (Å²) in [4.78, 5) is 8.49. The number of nitrogens with zero attached hydrogens (tertiary/aromatic N) is 2. The summed E-state index contributed by atoms with van der Waals surface area (Å²) >= 11 is 6.12. The second kappa shape index (κ2) is 6.33. The summed E-state index contributed by atoms with van der Waals surface area (Å²) in [6, 6.07) is 7.64. The number of halogens is 1. The molecule has 4 nitrogen and oxygen atoms in total. The molecule has 0 bridgehead atoms. The molecule has 0 saturated heterocycles. The van der Waals surface area contributed by atoms with Gasteiger partial charge in [-0.15, -0.1) is 0 Å². The number of nitrogens with two attached hydrogens (primary N) is 1. The highest BCUT2D eigenvalue weighted by atomic mass is 35.5. The van der Waals surface area contributed by atoms with E-state index < -0.39 is 0 Å². The maximum atomic E-state index is 6.12. The van der Waals surface area contributed by atoms with Gasteiger partial charge in [0, 0.05) is 35.1 Å². The van der Waals surface area contributed by atoms with Gasteiger partial charge in [0.05, 0.1) is 0 Å². The Kier molecular flexibility index (Phi) is 4.50. The molecule has 94 valence electrons. The van der Waals surface area contributed by atoms with Crippen molar-refractivity contribution in [2.75, 3.05) is 18.4 Å². The van der Waals surface area contributed by atoms with E-state index >= 15 is 0 Å². The highest BCUT2D eigenvalue weighted by Crippen LogP contribution is 2.26. The third-order valence-corrected chi connectivity index (χ3v) is 2.83. The fraction of sp³-hybridized carbons (Fsp3) is 0.231. The van der Waals surface area contributed by atoms with E-state index in [0.29, 0.717) is 17.5 Å². The van der Waals surface area contributed by atoms with Crippen LogP contribution in [0.4, 0.5) is 5.95 Å². The van der Waals surface area contributed by atoms with Crippen molar-refractivity contribution in [2.24, 2.45) is 5.73 Å². The van der Waals surface area contributed by atoms with Crippen molar-refractivity contribution in [2.45, 2.75) is 6.42 Å². The van der Waals surface area contributed by atoms with Crippen molar-refractivity contribution in [1.82, 2.24) is 9.97 Å². The molecule has 2 aromatic rings. The van der Waals surface area contributed by atoms with Crippen molar-refractivity contribution in [1.29, 1.82) is 0 Å². The lowest BCUT2D eigenvalue weighted by molar-refractivity contribution is 0.864. The lowest BCUT2D eigenvalue weighted by Gasteiger charge is -2.06. The van der Waals surface area contributed by atoms with Gasteiger partial charge in [-0.2, -0.15) is 0 Å². The summed E-state index contributed by atoms with van der Waals surface area (Å²) in [5.41, 5.74) is 7.26. The first-order valence-electron chi connectivity index (χ1n) is 5.82. The van der Waals surface area contributed by atoms with Crippen LogP contribution in [-0.2, 0) is 0 Å². The normalized spacial score (nSPS) is 10.3. The Morgan fingerprint density at radius 3 is 2.56 bits per heavy atom. The zero-order valence-corrected chi connectivity index (χ0v) is 10.7. The van der Waals surface area contributed by atoms with E-state index in [2.05, 4.69) is 15.3 Å². The quantitative estimate of drug-likeness (QED) is 0.813. The summed E-state index contributed by atoms with van der Waals surface area (Å²) < 4.78 is 0. The van der Waals surface area contributed by atoms with Crippen molar-refractivity contribution >= 4 is 17.5 Å². The minimum Gasteiger partial charge on any atom is -0.354 e. The van der Waals surface area contributed by atoms with Crippen LogP contribution in [0, 0.1) is 0 Å². The number of benzene rings is 1. The zero-order chi connectivity index (χ0) is 12.8. The van der Waals surface area contributed by atoms with Gasteiger partial charge >= 0.3 is 0 Å². The molecular weight excluding hydrogens is 248 g/mol. The van der Waals surface area contributed by atoms with E-state index in [4.69, 9.17) is 17.3 Å². The second-order valence-electron chi connectivity index (χ2n) is 3.84. The number of hydrogen-bond donors (Lipinski definition) is 2. The first kappa shape index (κ1) is 12.8. The van der Waals surface area contributed by atoms with Gasteiger partial charge < -0.3 is 11.1 Å². The lowest BCUT2D eigenvalue weighted by Crippen LogP contribution is -2.10. The zero-order valence-electron chi connectivity index (χ0n) is 9.94.